The lowest BCUT2D eigenvalue weighted by molar-refractivity contribution is -0.462. The highest BCUT2D eigenvalue weighted by atomic mass is 28.3. The highest BCUT2D eigenvalue weighted by Gasteiger charge is 2.41. The van der Waals surface area contributed by atoms with Gasteiger partial charge >= 0.3 is 5.97 Å². The normalized spacial score (nSPS) is 14.1. The minimum atomic E-state index is -2.27. The number of hydrogen-bond acceptors (Lipinski definition) is 9. The summed E-state index contributed by atoms with van der Waals surface area (Å²) >= 11 is 0. The monoisotopic (exact) mass is 768 g/mol. The molecule has 0 saturated heterocycles. The van der Waals surface area contributed by atoms with Gasteiger partial charge in [0, 0.05) is 62.3 Å². The van der Waals surface area contributed by atoms with Gasteiger partial charge in [0.05, 0.1) is 41.3 Å². The Morgan fingerprint density at radius 1 is 0.873 bits per heavy atom. The first-order valence-corrected chi connectivity index (χ1v) is 20.9. The van der Waals surface area contributed by atoms with E-state index in [0.717, 1.165) is 34.2 Å². The number of nitro groups is 2. The van der Waals surface area contributed by atoms with Gasteiger partial charge in [-0.25, -0.2) is 9.37 Å². The molecule has 0 radical (unpaired) electrons. The van der Waals surface area contributed by atoms with Crippen LogP contribution in [0.25, 0.3) is 5.57 Å². The number of anilines is 1. The van der Waals surface area contributed by atoms with Crippen molar-refractivity contribution < 1.29 is 38.6 Å². The molecule has 0 fully saturated rings. The van der Waals surface area contributed by atoms with Crippen molar-refractivity contribution in [3.8, 4) is 0 Å². The Hall–Kier alpha value is -5.77. The molecule has 0 spiro atoms. The number of ether oxygens (including phenoxy) is 2. The van der Waals surface area contributed by atoms with Gasteiger partial charge in [-0.15, -0.1) is 0 Å². The lowest BCUT2D eigenvalue weighted by Crippen LogP contribution is -2.49. The summed E-state index contributed by atoms with van der Waals surface area (Å²) in [5.41, 5.74) is 5.50. The fraction of sp³-hybridized carbons (Fsp3) is 0.325. The zero-order valence-electron chi connectivity index (χ0n) is 31.9. The van der Waals surface area contributed by atoms with Gasteiger partial charge in [0.25, 0.3) is 17.3 Å². The van der Waals surface area contributed by atoms with Crippen LogP contribution in [0.5, 0.6) is 0 Å². The molecule has 14 nitrogen and oxygen atoms in total. The highest BCUT2D eigenvalue weighted by molar-refractivity contribution is 6.98. The number of carbonyl (C=O) groups excluding carboxylic acids is 1. The summed E-state index contributed by atoms with van der Waals surface area (Å²) in [6.07, 6.45) is 7.12. The number of rotatable bonds is 16. The molecule has 5 rings (SSSR count). The molecule has 2 N–H and O–H groups in total. The largest absolute Gasteiger partial charge is 0.478 e. The molecular formula is C40H46N5O9Si+. The van der Waals surface area contributed by atoms with Crippen molar-refractivity contribution in [2.24, 2.45) is 0 Å². The van der Waals surface area contributed by atoms with Crippen molar-refractivity contribution in [3.63, 3.8) is 0 Å². The number of aromatic carboxylic acids is 1. The molecule has 0 aromatic heterocycles. The standard InChI is InChI=1S/C40H45N5O9Si/c1-42(2)28-12-15-32-36(24-28)55(5,6)37-25-29(43(3)4)13-16-33(37)38(32)34-22-27(10-14-31(34)40(47)48)39(46)41-17-19-54-21-20-53-18-7-8-26-9-11-30(44(49)50)23-35(26)45(51)52/h9-16,22-25H,7-8,17-21H2,1-6H3,(H-,41,46,47,48)/p+1. The van der Waals surface area contributed by atoms with Crippen LogP contribution in [0.3, 0.4) is 0 Å². The van der Waals surface area contributed by atoms with E-state index in [1.165, 1.54) is 34.6 Å². The first-order chi connectivity index (χ1) is 26.1. The number of allylic oxidation sites excluding steroid dienone is 5. The van der Waals surface area contributed by atoms with E-state index >= 15 is 0 Å². The summed E-state index contributed by atoms with van der Waals surface area (Å²) in [7, 11) is 5.73. The van der Waals surface area contributed by atoms with Crippen LogP contribution >= 0.6 is 0 Å². The summed E-state index contributed by atoms with van der Waals surface area (Å²) in [4.78, 5) is 49.1. The van der Waals surface area contributed by atoms with E-state index in [2.05, 4.69) is 52.2 Å². The molecule has 0 bridgehead atoms. The Bertz CT molecular complexity index is 2170. The average molecular weight is 769 g/mol. The lowest BCUT2D eigenvalue weighted by atomic mass is 9.86. The number of non-ortho nitro benzene ring substituents is 1. The van der Waals surface area contributed by atoms with Gasteiger partial charge in [-0.2, -0.15) is 0 Å². The van der Waals surface area contributed by atoms with E-state index in [9.17, 15) is 34.9 Å². The zero-order chi connectivity index (χ0) is 40.0. The summed E-state index contributed by atoms with van der Waals surface area (Å²) < 4.78 is 13.2. The van der Waals surface area contributed by atoms with Gasteiger partial charge in [0.2, 0.25) is 0 Å². The molecule has 1 heterocycles. The fourth-order valence-electron chi connectivity index (χ4n) is 6.82. The van der Waals surface area contributed by atoms with E-state index in [4.69, 9.17) is 9.47 Å². The number of carboxylic acids is 1. The maximum Gasteiger partial charge on any atom is 0.336 e. The third kappa shape index (κ3) is 8.96. The van der Waals surface area contributed by atoms with Gasteiger partial charge in [0.1, 0.15) is 22.2 Å². The van der Waals surface area contributed by atoms with Crippen LogP contribution in [0.2, 0.25) is 13.1 Å². The summed E-state index contributed by atoms with van der Waals surface area (Å²) in [6.45, 7) is 5.89. The van der Waals surface area contributed by atoms with Gasteiger partial charge in [-0.05, 0) is 88.0 Å². The number of benzene rings is 3. The van der Waals surface area contributed by atoms with Crippen molar-refractivity contribution >= 4 is 53.5 Å². The first-order valence-electron chi connectivity index (χ1n) is 17.9. The smallest absolute Gasteiger partial charge is 0.336 e. The number of nitro benzene ring substituents is 2. The van der Waals surface area contributed by atoms with Crippen molar-refractivity contribution in [1.82, 2.24) is 5.32 Å². The number of aryl methyl sites for hydroxylation is 1. The Labute approximate surface area is 320 Å². The van der Waals surface area contributed by atoms with Crippen LogP contribution in [-0.4, -0.2) is 106 Å². The van der Waals surface area contributed by atoms with E-state index in [1.807, 2.05) is 40.3 Å². The van der Waals surface area contributed by atoms with E-state index in [-0.39, 0.29) is 49.2 Å². The second kappa shape index (κ2) is 17.1. The van der Waals surface area contributed by atoms with Gasteiger partial charge in [-0.1, -0.05) is 19.2 Å². The number of carbonyl (C=O) groups is 2. The number of fused-ring (bicyclic) bond motifs is 2. The van der Waals surface area contributed by atoms with E-state index < -0.39 is 23.9 Å². The number of hydrogen-bond donors (Lipinski definition) is 2. The minimum absolute atomic E-state index is 0.104. The second-order valence-electron chi connectivity index (χ2n) is 14.2. The Kier molecular flexibility index (Phi) is 12.6. The molecule has 55 heavy (non-hydrogen) atoms. The molecule has 15 heteroatoms. The lowest BCUT2D eigenvalue weighted by Gasteiger charge is -2.38. The van der Waals surface area contributed by atoms with Crippen LogP contribution in [0.1, 0.15) is 43.8 Å². The number of nitrogens with zero attached hydrogens (tertiary/aromatic N) is 4. The molecule has 288 valence electrons. The first kappa shape index (κ1) is 40.4. The topological polar surface area (TPSA) is 177 Å². The zero-order valence-corrected chi connectivity index (χ0v) is 32.9. The molecule has 1 aliphatic heterocycles. The molecule has 1 aliphatic carbocycles. The van der Waals surface area contributed by atoms with E-state index in [1.54, 1.807) is 6.07 Å². The third-order valence-corrected chi connectivity index (χ3v) is 13.3. The predicted molar refractivity (Wildman–Crippen MR) is 214 cm³/mol. The quantitative estimate of drug-likeness (QED) is 0.0652. The Morgan fingerprint density at radius 2 is 1.60 bits per heavy atom. The van der Waals surface area contributed by atoms with Crippen LogP contribution < -0.4 is 15.4 Å². The molecule has 0 atom stereocenters. The molecule has 1 amide bonds. The van der Waals surface area contributed by atoms with Crippen molar-refractivity contribution in [2.75, 3.05) is 66.1 Å². The molecule has 3 aromatic rings. The number of carboxylic acid groups (broad SMARTS) is 1. The van der Waals surface area contributed by atoms with Crippen LogP contribution in [0.4, 0.5) is 17.1 Å². The van der Waals surface area contributed by atoms with Crippen LogP contribution in [0.15, 0.2) is 83.6 Å². The maximum absolute atomic E-state index is 13.4. The Balaban J connectivity index is 1.24. The Morgan fingerprint density at radius 3 is 2.25 bits per heavy atom. The van der Waals surface area contributed by atoms with E-state index in [0.29, 0.717) is 36.1 Å². The fourth-order valence-corrected chi connectivity index (χ4v) is 9.89. The van der Waals surface area contributed by atoms with Crippen LogP contribution in [0, 0.1) is 20.2 Å². The predicted octanol–water partition coefficient (Wildman–Crippen LogP) is 5.14. The maximum atomic E-state index is 13.4. The highest BCUT2D eigenvalue weighted by Crippen LogP contribution is 2.43. The number of nitrogens with one attached hydrogen (secondary N) is 1. The van der Waals surface area contributed by atoms with Crippen molar-refractivity contribution in [1.29, 1.82) is 0 Å². The summed E-state index contributed by atoms with van der Waals surface area (Å²) in [5, 5.41) is 37.9. The molecule has 0 saturated carbocycles. The minimum Gasteiger partial charge on any atom is -0.478 e. The molecule has 0 unspecified atom stereocenters. The van der Waals surface area contributed by atoms with Crippen molar-refractivity contribution in [2.45, 2.75) is 25.9 Å². The van der Waals surface area contributed by atoms with Gasteiger partial charge in [0.15, 0.2) is 5.71 Å². The molecule has 3 aromatic carbocycles. The number of amides is 1. The van der Waals surface area contributed by atoms with Gasteiger partial charge in [-0.3, -0.25) is 25.0 Å². The van der Waals surface area contributed by atoms with Crippen molar-refractivity contribution in [3.05, 3.63) is 132 Å². The molecular weight excluding hydrogens is 723 g/mol. The van der Waals surface area contributed by atoms with Gasteiger partial charge < -0.3 is 24.8 Å². The summed E-state index contributed by atoms with van der Waals surface area (Å²) in [5.74, 6) is -1.45. The average Bonchev–Trinajstić information content (AvgIpc) is 3.15. The molecule has 2 aliphatic rings. The third-order valence-electron chi connectivity index (χ3n) is 9.82. The second-order valence-corrected chi connectivity index (χ2v) is 18.6. The SMILES string of the molecule is CN(C)c1ccc2c(c1)[Si](C)(C)C1=CC(=[N+](C)C)C=CC1=C2c1cc(C(=O)NCCOCCOCCCc2ccc([N+](=O)[O-])cc2[N+](=O)[O-])ccc1C(=O)O. The summed E-state index contributed by atoms with van der Waals surface area (Å²) in [6, 6.07) is 14.6. The van der Waals surface area contributed by atoms with Crippen LogP contribution in [-0.2, 0) is 15.9 Å².